The molecule has 0 amide bonds. The van der Waals surface area contributed by atoms with Crippen molar-refractivity contribution >= 4 is 10.0 Å². The number of sulfonamides is 1. The summed E-state index contributed by atoms with van der Waals surface area (Å²) >= 11 is 0. The topological polar surface area (TPSA) is 60.9 Å². The molecule has 1 fully saturated rings. The molecule has 0 aliphatic carbocycles. The van der Waals surface area contributed by atoms with E-state index in [0.29, 0.717) is 19.0 Å². The van der Waals surface area contributed by atoms with Gasteiger partial charge in [0, 0.05) is 25.7 Å². The van der Waals surface area contributed by atoms with E-state index in [1.54, 1.807) is 16.4 Å². The van der Waals surface area contributed by atoms with Gasteiger partial charge in [-0.1, -0.05) is 19.1 Å². The summed E-state index contributed by atoms with van der Waals surface area (Å²) in [6, 6.07) is 7.56. The Hall–Kier alpha value is -1.11. The van der Waals surface area contributed by atoms with Gasteiger partial charge in [-0.15, -0.1) is 0 Å². The molecule has 0 bridgehead atoms. The highest BCUT2D eigenvalue weighted by Gasteiger charge is 2.28. The van der Waals surface area contributed by atoms with Gasteiger partial charge in [0.1, 0.15) is 5.75 Å². The molecule has 1 N–H and O–H groups in total. The lowest BCUT2D eigenvalue weighted by atomic mass is 9.97. The van der Waals surface area contributed by atoms with Crippen molar-refractivity contribution in [3.63, 3.8) is 0 Å². The average molecular weight is 340 g/mol. The molecule has 1 aromatic rings. The molecule has 6 heteroatoms. The summed E-state index contributed by atoms with van der Waals surface area (Å²) < 4.78 is 25.1. The molecular weight excluding hydrogens is 312 g/mol. The molecule has 0 aromatic heterocycles. The van der Waals surface area contributed by atoms with Crippen LogP contribution < -0.4 is 0 Å². The summed E-state index contributed by atoms with van der Waals surface area (Å²) in [7, 11) is -3.10. The standard InChI is InChI=1S/C17H28N2O3S/c1-4-18(14(2)16-8-5-9-17(20)11-16)12-15-7-6-10-19(13-15)23(3,21)22/h5,8-9,11,14-15,20H,4,6-7,10,12-13H2,1-3H3/t14-,15+/m0/s1. The van der Waals surface area contributed by atoms with E-state index in [2.05, 4.69) is 18.7 Å². The third-order valence-electron chi connectivity index (χ3n) is 4.75. The Morgan fingerprint density at radius 1 is 1.43 bits per heavy atom. The second kappa shape index (κ2) is 7.64. The maximum atomic E-state index is 11.8. The van der Waals surface area contributed by atoms with Gasteiger partial charge < -0.3 is 5.11 Å². The molecule has 0 unspecified atom stereocenters. The summed E-state index contributed by atoms with van der Waals surface area (Å²) in [5.74, 6) is 0.643. The lowest BCUT2D eigenvalue weighted by Crippen LogP contribution is -2.43. The first kappa shape index (κ1) is 18.2. The number of rotatable bonds is 6. The molecule has 2 rings (SSSR count). The third-order valence-corrected chi connectivity index (χ3v) is 6.02. The van der Waals surface area contributed by atoms with Crippen molar-refractivity contribution in [1.82, 2.24) is 9.21 Å². The summed E-state index contributed by atoms with van der Waals surface area (Å²) in [6.07, 6.45) is 3.29. The van der Waals surface area contributed by atoms with Crippen LogP contribution in [0.3, 0.4) is 0 Å². The van der Waals surface area contributed by atoms with E-state index in [1.165, 1.54) is 6.26 Å². The van der Waals surface area contributed by atoms with Gasteiger partial charge >= 0.3 is 0 Å². The largest absolute Gasteiger partial charge is 0.508 e. The van der Waals surface area contributed by atoms with E-state index >= 15 is 0 Å². The van der Waals surface area contributed by atoms with Crippen molar-refractivity contribution in [3.05, 3.63) is 29.8 Å². The van der Waals surface area contributed by atoms with Gasteiger partial charge in [0.05, 0.1) is 6.26 Å². The fraction of sp³-hybridized carbons (Fsp3) is 0.647. The van der Waals surface area contributed by atoms with E-state index in [4.69, 9.17) is 0 Å². The first-order valence-corrected chi connectivity index (χ1v) is 10.1. The maximum absolute atomic E-state index is 11.8. The van der Waals surface area contributed by atoms with E-state index < -0.39 is 10.0 Å². The Labute approximate surface area is 140 Å². The van der Waals surface area contributed by atoms with Crippen LogP contribution in [0.1, 0.15) is 38.3 Å². The molecule has 0 saturated carbocycles. The van der Waals surface area contributed by atoms with Gasteiger partial charge in [-0.25, -0.2) is 12.7 Å². The Bertz CT molecular complexity index is 618. The van der Waals surface area contributed by atoms with Crippen molar-refractivity contribution in [1.29, 1.82) is 0 Å². The SMILES string of the molecule is CCN(C[C@H]1CCCN(S(C)(=O)=O)C1)[C@@H](C)c1cccc(O)c1. The van der Waals surface area contributed by atoms with Crippen LogP contribution >= 0.6 is 0 Å². The molecule has 0 spiro atoms. The molecule has 23 heavy (non-hydrogen) atoms. The van der Waals surface area contributed by atoms with Crippen LogP contribution in [0.4, 0.5) is 0 Å². The summed E-state index contributed by atoms with van der Waals surface area (Å²) in [5, 5.41) is 9.67. The second-order valence-corrected chi connectivity index (χ2v) is 8.47. The highest BCUT2D eigenvalue weighted by atomic mass is 32.2. The summed E-state index contributed by atoms with van der Waals surface area (Å²) in [6.45, 7) is 7.28. The first-order chi connectivity index (χ1) is 10.8. The molecular formula is C17H28N2O3S. The minimum atomic E-state index is -3.10. The van der Waals surface area contributed by atoms with Crippen molar-refractivity contribution in [2.75, 3.05) is 32.4 Å². The van der Waals surface area contributed by atoms with Crippen LogP contribution in [0.25, 0.3) is 0 Å². The van der Waals surface area contributed by atoms with E-state index in [0.717, 1.165) is 31.5 Å². The number of aromatic hydroxyl groups is 1. The smallest absolute Gasteiger partial charge is 0.211 e. The number of benzene rings is 1. The lowest BCUT2D eigenvalue weighted by molar-refractivity contribution is 0.150. The zero-order valence-corrected chi connectivity index (χ0v) is 15.1. The summed E-state index contributed by atoms with van der Waals surface area (Å²) in [5.41, 5.74) is 1.09. The molecule has 1 saturated heterocycles. The van der Waals surface area contributed by atoms with Crippen LogP contribution in [-0.4, -0.2) is 55.2 Å². The average Bonchev–Trinajstić information content (AvgIpc) is 2.51. The minimum Gasteiger partial charge on any atom is -0.508 e. The number of hydrogen-bond donors (Lipinski definition) is 1. The van der Waals surface area contributed by atoms with Crippen molar-refractivity contribution in [2.24, 2.45) is 5.92 Å². The number of piperidine rings is 1. The molecule has 1 aliphatic heterocycles. The van der Waals surface area contributed by atoms with Crippen LogP contribution in [0.15, 0.2) is 24.3 Å². The van der Waals surface area contributed by atoms with Crippen molar-refractivity contribution < 1.29 is 13.5 Å². The lowest BCUT2D eigenvalue weighted by Gasteiger charge is -2.36. The minimum absolute atomic E-state index is 0.195. The Balaban J connectivity index is 2.04. The maximum Gasteiger partial charge on any atom is 0.211 e. The van der Waals surface area contributed by atoms with Crippen molar-refractivity contribution in [2.45, 2.75) is 32.7 Å². The predicted molar refractivity (Wildman–Crippen MR) is 92.9 cm³/mol. The zero-order chi connectivity index (χ0) is 17.0. The molecule has 2 atom stereocenters. The van der Waals surface area contributed by atoms with Crippen LogP contribution in [0.5, 0.6) is 5.75 Å². The predicted octanol–water partition coefficient (Wildman–Crippen LogP) is 2.45. The number of nitrogens with zero attached hydrogens (tertiary/aromatic N) is 2. The third kappa shape index (κ3) is 4.93. The Morgan fingerprint density at radius 2 is 2.17 bits per heavy atom. The van der Waals surface area contributed by atoms with Crippen LogP contribution in [-0.2, 0) is 10.0 Å². The molecule has 130 valence electrons. The molecule has 5 nitrogen and oxygen atoms in total. The van der Waals surface area contributed by atoms with Gasteiger partial charge in [0.2, 0.25) is 10.0 Å². The fourth-order valence-corrected chi connectivity index (χ4v) is 4.31. The van der Waals surface area contributed by atoms with Gasteiger partial charge in [-0.3, -0.25) is 4.90 Å². The van der Waals surface area contributed by atoms with E-state index in [9.17, 15) is 13.5 Å². The quantitative estimate of drug-likeness (QED) is 0.864. The normalized spacial score (nSPS) is 21.5. The van der Waals surface area contributed by atoms with Crippen molar-refractivity contribution in [3.8, 4) is 5.75 Å². The highest BCUT2D eigenvalue weighted by molar-refractivity contribution is 7.88. The number of phenolic OH excluding ortho intramolecular Hbond substituents is 1. The van der Waals surface area contributed by atoms with Crippen LogP contribution in [0, 0.1) is 5.92 Å². The Morgan fingerprint density at radius 3 is 2.78 bits per heavy atom. The molecule has 1 aliphatic rings. The fourth-order valence-electron chi connectivity index (χ4n) is 3.37. The zero-order valence-electron chi connectivity index (χ0n) is 14.3. The van der Waals surface area contributed by atoms with Gasteiger partial charge in [-0.2, -0.15) is 0 Å². The first-order valence-electron chi connectivity index (χ1n) is 8.29. The molecule has 1 heterocycles. The van der Waals surface area contributed by atoms with Crippen LogP contribution in [0.2, 0.25) is 0 Å². The van der Waals surface area contributed by atoms with Gasteiger partial charge in [0.15, 0.2) is 0 Å². The van der Waals surface area contributed by atoms with E-state index in [1.807, 2.05) is 12.1 Å². The number of phenols is 1. The second-order valence-electron chi connectivity index (χ2n) is 6.49. The molecule has 0 radical (unpaired) electrons. The molecule has 1 aromatic carbocycles. The highest BCUT2D eigenvalue weighted by Crippen LogP contribution is 2.26. The van der Waals surface area contributed by atoms with Gasteiger partial charge in [-0.05, 0) is 49.9 Å². The Kier molecular flexibility index (Phi) is 6.06. The summed E-state index contributed by atoms with van der Waals surface area (Å²) in [4.78, 5) is 2.35. The van der Waals surface area contributed by atoms with Gasteiger partial charge in [0.25, 0.3) is 0 Å². The monoisotopic (exact) mass is 340 g/mol. The number of hydrogen-bond acceptors (Lipinski definition) is 4. The van der Waals surface area contributed by atoms with E-state index in [-0.39, 0.29) is 11.8 Å².